The average molecular weight is 224 g/mol. The lowest BCUT2D eigenvalue weighted by Crippen LogP contribution is -2.37. The van der Waals surface area contributed by atoms with Crippen molar-refractivity contribution in [2.45, 2.75) is 39.9 Å². The summed E-state index contributed by atoms with van der Waals surface area (Å²) in [5.74, 6) is 0.976. The Hall–Kier alpha value is -1.36. The van der Waals surface area contributed by atoms with Gasteiger partial charge in [-0.3, -0.25) is 4.79 Å². The summed E-state index contributed by atoms with van der Waals surface area (Å²) in [6, 6.07) is 0.187. The number of imidazole rings is 1. The quantitative estimate of drug-likeness (QED) is 0.740. The van der Waals surface area contributed by atoms with E-state index in [2.05, 4.69) is 22.5 Å². The van der Waals surface area contributed by atoms with Gasteiger partial charge in [0.05, 0.1) is 13.1 Å². The molecule has 0 radical (unpaired) electrons. The van der Waals surface area contributed by atoms with Crippen LogP contribution in [-0.2, 0) is 17.9 Å². The number of hydrogen-bond acceptors (Lipinski definition) is 3. The second-order valence-corrected chi connectivity index (χ2v) is 3.96. The van der Waals surface area contributed by atoms with Crippen molar-refractivity contribution in [3.63, 3.8) is 0 Å². The molecule has 16 heavy (non-hydrogen) atoms. The Morgan fingerprint density at radius 3 is 2.94 bits per heavy atom. The lowest BCUT2D eigenvalue weighted by atomic mass is 10.4. The number of aryl methyl sites for hydroxylation is 1. The molecule has 0 saturated carbocycles. The van der Waals surface area contributed by atoms with Crippen molar-refractivity contribution < 1.29 is 4.79 Å². The Kier molecular flexibility index (Phi) is 4.98. The predicted molar refractivity (Wildman–Crippen MR) is 62.9 cm³/mol. The summed E-state index contributed by atoms with van der Waals surface area (Å²) in [5.41, 5.74) is 0. The predicted octanol–water partition coefficient (Wildman–Crippen LogP) is 0.517. The number of carbonyl (C=O) groups is 1. The van der Waals surface area contributed by atoms with E-state index in [1.54, 1.807) is 6.20 Å². The van der Waals surface area contributed by atoms with Crippen LogP contribution in [0.15, 0.2) is 12.4 Å². The standard InChI is InChI=1S/C11H20N4O/c1-4-15-6-5-13-10(15)7-12-8-11(16)14-9(2)3/h5-6,9,12H,4,7-8H2,1-3H3,(H,14,16). The first kappa shape index (κ1) is 12.7. The number of amides is 1. The normalized spacial score (nSPS) is 10.8. The fraction of sp³-hybridized carbons (Fsp3) is 0.636. The molecule has 0 saturated heterocycles. The molecule has 0 spiro atoms. The maximum absolute atomic E-state index is 11.3. The maximum atomic E-state index is 11.3. The van der Waals surface area contributed by atoms with Gasteiger partial charge in [0, 0.05) is 25.0 Å². The Morgan fingerprint density at radius 1 is 1.56 bits per heavy atom. The van der Waals surface area contributed by atoms with Crippen LogP contribution in [0.2, 0.25) is 0 Å². The highest BCUT2D eigenvalue weighted by Crippen LogP contribution is 1.96. The van der Waals surface area contributed by atoms with Crippen molar-refractivity contribution in [3.8, 4) is 0 Å². The third-order valence-electron chi connectivity index (χ3n) is 2.16. The molecule has 0 atom stereocenters. The number of aromatic nitrogens is 2. The van der Waals surface area contributed by atoms with Crippen molar-refractivity contribution in [2.24, 2.45) is 0 Å². The van der Waals surface area contributed by atoms with Crippen LogP contribution < -0.4 is 10.6 Å². The van der Waals surface area contributed by atoms with E-state index in [9.17, 15) is 4.79 Å². The zero-order valence-electron chi connectivity index (χ0n) is 10.2. The summed E-state index contributed by atoms with van der Waals surface area (Å²) >= 11 is 0. The molecule has 1 rings (SSSR count). The van der Waals surface area contributed by atoms with Crippen LogP contribution in [0.25, 0.3) is 0 Å². The van der Waals surface area contributed by atoms with Crippen LogP contribution in [0.4, 0.5) is 0 Å². The molecule has 0 aromatic carbocycles. The van der Waals surface area contributed by atoms with Gasteiger partial charge in [0.2, 0.25) is 5.91 Å². The van der Waals surface area contributed by atoms with Crippen LogP contribution in [0.5, 0.6) is 0 Å². The molecule has 5 heteroatoms. The van der Waals surface area contributed by atoms with Gasteiger partial charge in [-0.1, -0.05) is 0 Å². The first-order valence-corrected chi connectivity index (χ1v) is 5.63. The Morgan fingerprint density at radius 2 is 2.31 bits per heavy atom. The number of nitrogens with one attached hydrogen (secondary N) is 2. The topological polar surface area (TPSA) is 59.0 Å². The van der Waals surface area contributed by atoms with E-state index >= 15 is 0 Å². The lowest BCUT2D eigenvalue weighted by molar-refractivity contribution is -0.120. The van der Waals surface area contributed by atoms with Crippen molar-refractivity contribution in [1.82, 2.24) is 20.2 Å². The fourth-order valence-electron chi connectivity index (χ4n) is 1.46. The van der Waals surface area contributed by atoms with Gasteiger partial charge in [-0.15, -0.1) is 0 Å². The second kappa shape index (κ2) is 6.27. The molecule has 5 nitrogen and oxygen atoms in total. The zero-order valence-corrected chi connectivity index (χ0v) is 10.2. The molecule has 0 aliphatic carbocycles. The molecule has 0 unspecified atom stereocenters. The third kappa shape index (κ3) is 4.02. The van der Waals surface area contributed by atoms with Crippen molar-refractivity contribution >= 4 is 5.91 Å². The number of rotatable bonds is 6. The monoisotopic (exact) mass is 224 g/mol. The molecule has 1 amide bonds. The number of hydrogen-bond donors (Lipinski definition) is 2. The van der Waals surface area contributed by atoms with E-state index in [1.165, 1.54) is 0 Å². The molecular weight excluding hydrogens is 204 g/mol. The van der Waals surface area contributed by atoms with E-state index < -0.39 is 0 Å². The van der Waals surface area contributed by atoms with Crippen molar-refractivity contribution in [1.29, 1.82) is 0 Å². The average Bonchev–Trinajstić information content (AvgIpc) is 2.64. The number of nitrogens with zero attached hydrogens (tertiary/aromatic N) is 2. The van der Waals surface area contributed by atoms with Crippen LogP contribution in [-0.4, -0.2) is 28.0 Å². The summed E-state index contributed by atoms with van der Waals surface area (Å²) in [4.78, 5) is 15.5. The van der Waals surface area contributed by atoms with Crippen LogP contribution in [0.1, 0.15) is 26.6 Å². The van der Waals surface area contributed by atoms with Crippen LogP contribution in [0.3, 0.4) is 0 Å². The van der Waals surface area contributed by atoms with Gasteiger partial charge in [-0.25, -0.2) is 4.98 Å². The number of carbonyl (C=O) groups excluding carboxylic acids is 1. The summed E-state index contributed by atoms with van der Waals surface area (Å²) in [6.07, 6.45) is 3.71. The Bertz CT molecular complexity index is 332. The van der Waals surface area contributed by atoms with Gasteiger partial charge in [0.15, 0.2) is 0 Å². The van der Waals surface area contributed by atoms with Crippen LogP contribution in [0, 0.1) is 0 Å². The third-order valence-corrected chi connectivity index (χ3v) is 2.16. The highest BCUT2D eigenvalue weighted by molar-refractivity contribution is 5.78. The van der Waals surface area contributed by atoms with Gasteiger partial charge in [0.25, 0.3) is 0 Å². The molecule has 0 aliphatic rings. The van der Waals surface area contributed by atoms with E-state index in [1.807, 2.05) is 24.6 Å². The van der Waals surface area contributed by atoms with E-state index in [0.29, 0.717) is 13.1 Å². The van der Waals surface area contributed by atoms with Gasteiger partial charge in [-0.2, -0.15) is 0 Å². The molecule has 0 bridgehead atoms. The highest BCUT2D eigenvalue weighted by atomic mass is 16.1. The summed E-state index contributed by atoms with van der Waals surface area (Å²) in [6.45, 7) is 7.80. The first-order valence-electron chi connectivity index (χ1n) is 5.63. The largest absolute Gasteiger partial charge is 0.353 e. The van der Waals surface area contributed by atoms with Gasteiger partial charge >= 0.3 is 0 Å². The molecule has 1 heterocycles. The molecule has 1 aromatic rings. The molecule has 0 fully saturated rings. The SMILES string of the molecule is CCn1ccnc1CNCC(=O)NC(C)C. The fourth-order valence-corrected chi connectivity index (χ4v) is 1.46. The summed E-state index contributed by atoms with van der Waals surface area (Å²) < 4.78 is 2.05. The maximum Gasteiger partial charge on any atom is 0.234 e. The first-order chi connectivity index (χ1) is 7.63. The Labute approximate surface area is 96.3 Å². The minimum absolute atomic E-state index is 0.0182. The van der Waals surface area contributed by atoms with Crippen molar-refractivity contribution in [2.75, 3.05) is 6.54 Å². The summed E-state index contributed by atoms with van der Waals surface area (Å²) in [7, 11) is 0. The zero-order chi connectivity index (χ0) is 12.0. The molecular formula is C11H20N4O. The van der Waals surface area contributed by atoms with Gasteiger partial charge in [-0.05, 0) is 20.8 Å². The Balaban J connectivity index is 2.28. The minimum atomic E-state index is 0.0182. The second-order valence-electron chi connectivity index (χ2n) is 3.96. The highest BCUT2D eigenvalue weighted by Gasteiger charge is 2.04. The van der Waals surface area contributed by atoms with Crippen LogP contribution >= 0.6 is 0 Å². The lowest BCUT2D eigenvalue weighted by Gasteiger charge is -2.09. The van der Waals surface area contributed by atoms with Gasteiger partial charge in [0.1, 0.15) is 5.82 Å². The minimum Gasteiger partial charge on any atom is -0.353 e. The smallest absolute Gasteiger partial charge is 0.234 e. The molecule has 90 valence electrons. The van der Waals surface area contributed by atoms with Crippen molar-refractivity contribution in [3.05, 3.63) is 18.2 Å². The van der Waals surface area contributed by atoms with E-state index in [4.69, 9.17) is 0 Å². The molecule has 1 aromatic heterocycles. The van der Waals surface area contributed by atoms with Gasteiger partial charge < -0.3 is 15.2 Å². The van der Waals surface area contributed by atoms with E-state index in [-0.39, 0.29) is 11.9 Å². The summed E-state index contributed by atoms with van der Waals surface area (Å²) in [5, 5.41) is 5.90. The molecule has 2 N–H and O–H groups in total. The van der Waals surface area contributed by atoms with E-state index in [0.717, 1.165) is 12.4 Å². The molecule has 0 aliphatic heterocycles.